The van der Waals surface area contributed by atoms with Crippen LogP contribution in [0.5, 0.6) is 0 Å². The molecule has 0 aromatic rings. The fourth-order valence-electron chi connectivity index (χ4n) is 7.85. The quantitative estimate of drug-likeness (QED) is 0.116. The van der Waals surface area contributed by atoms with Crippen LogP contribution in [0, 0.1) is 23.2 Å². The van der Waals surface area contributed by atoms with Gasteiger partial charge < -0.3 is 26.2 Å². The molecule has 3 unspecified atom stereocenters. The Kier molecular flexibility index (Phi) is 13.6. The van der Waals surface area contributed by atoms with Gasteiger partial charge in [0.15, 0.2) is 0 Å². The third kappa shape index (κ3) is 9.69. The van der Waals surface area contributed by atoms with Crippen molar-refractivity contribution in [3.05, 3.63) is 24.4 Å². The molecule has 3 saturated carbocycles. The summed E-state index contributed by atoms with van der Waals surface area (Å²) in [5, 5.41) is 11.5. The molecule has 4 fully saturated rings. The first-order valence-electron chi connectivity index (χ1n) is 18.7. The third-order valence-corrected chi connectivity index (χ3v) is 10.7. The number of aliphatic imine (C=N–C) groups is 1. The molecule has 1 heterocycles. The van der Waals surface area contributed by atoms with E-state index in [1.807, 2.05) is 27.7 Å². The average molecular weight is 695 g/mol. The monoisotopic (exact) mass is 694 g/mol. The van der Waals surface area contributed by atoms with Crippen LogP contribution in [0.1, 0.15) is 112 Å². The topological polar surface area (TPSA) is 166 Å². The van der Waals surface area contributed by atoms with Crippen molar-refractivity contribution >= 4 is 41.5 Å². The van der Waals surface area contributed by atoms with Gasteiger partial charge in [-0.3, -0.25) is 33.8 Å². The molecule has 0 aromatic heterocycles. The van der Waals surface area contributed by atoms with Crippen molar-refractivity contribution in [3.8, 4) is 0 Å². The Balaban J connectivity index is 1.57. The van der Waals surface area contributed by atoms with Gasteiger partial charge in [0, 0.05) is 18.8 Å². The van der Waals surface area contributed by atoms with E-state index in [9.17, 15) is 28.8 Å². The number of likely N-dealkylation sites (tertiary alicyclic amines) is 1. The van der Waals surface area contributed by atoms with Gasteiger partial charge in [-0.2, -0.15) is 0 Å². The summed E-state index contributed by atoms with van der Waals surface area (Å²) in [5.41, 5.74) is -0.582. The number of carbonyl (C=O) groups excluding carboxylic acids is 6. The van der Waals surface area contributed by atoms with Gasteiger partial charge in [0.2, 0.25) is 23.5 Å². The molecule has 1 aliphatic heterocycles. The molecule has 0 spiro atoms. The average Bonchev–Trinajstić information content (AvgIpc) is 3.65. The predicted molar refractivity (Wildman–Crippen MR) is 192 cm³/mol. The van der Waals surface area contributed by atoms with Gasteiger partial charge in [-0.05, 0) is 75.0 Å². The molecular weight excluding hydrogens is 636 g/mol. The maximum Gasteiger partial charge on any atom is 0.289 e. The standard InChI is InChI=1S/C38H58N6O6/c1-7-14-28(31(45)36(49)40-25-19-20-25)41-35(48)30-26-18-13-17-24(26)22-44(30)37(50)32(38(4,5)6)43-34(47)29(23-15-11-10-12-16-23)42-33(46)27(9-3)39-21-8-2/h8-9,21,23-26,28-30,32H,2,7,10-20,22H2,1,3-6H3,(H,40,49)(H,41,48)(H,42,46)(H,43,47)/b27-9-,39-21-/t24?,26?,28-,29-,30-,32?/m0/s1. The normalized spacial score (nSPS) is 24.5. The molecule has 4 aliphatic rings. The Morgan fingerprint density at radius 3 is 2.20 bits per heavy atom. The number of hydrogen-bond donors (Lipinski definition) is 4. The molecule has 6 atom stereocenters. The minimum atomic E-state index is -0.996. The number of ketones is 1. The summed E-state index contributed by atoms with van der Waals surface area (Å²) in [5.74, 6) is -3.18. The third-order valence-electron chi connectivity index (χ3n) is 10.7. The van der Waals surface area contributed by atoms with Gasteiger partial charge in [-0.1, -0.05) is 78.5 Å². The zero-order chi connectivity index (χ0) is 36.6. The van der Waals surface area contributed by atoms with Gasteiger partial charge in [0.05, 0.1) is 6.04 Å². The first-order valence-corrected chi connectivity index (χ1v) is 18.7. The van der Waals surface area contributed by atoms with Crippen molar-refractivity contribution < 1.29 is 28.8 Å². The van der Waals surface area contributed by atoms with Crippen LogP contribution in [0.15, 0.2) is 29.4 Å². The van der Waals surface area contributed by atoms with Crippen LogP contribution < -0.4 is 21.3 Å². The lowest BCUT2D eigenvalue weighted by Gasteiger charge is -2.38. The highest BCUT2D eigenvalue weighted by molar-refractivity contribution is 6.38. The number of hydrogen-bond acceptors (Lipinski definition) is 7. The second-order valence-corrected chi connectivity index (χ2v) is 15.6. The number of nitrogens with zero attached hydrogens (tertiary/aromatic N) is 2. The Morgan fingerprint density at radius 2 is 1.60 bits per heavy atom. The summed E-state index contributed by atoms with van der Waals surface area (Å²) in [6, 6.07) is -3.68. The van der Waals surface area contributed by atoms with Gasteiger partial charge in [-0.25, -0.2) is 0 Å². The predicted octanol–water partition coefficient (Wildman–Crippen LogP) is 3.50. The molecule has 4 N–H and O–H groups in total. The van der Waals surface area contributed by atoms with Gasteiger partial charge in [0.1, 0.15) is 23.8 Å². The molecule has 1 saturated heterocycles. The SMILES string of the molecule is C=C/C=N\C(=C/C)C(=O)N[C@H](C(=O)NC(C(=O)N1CC2CCCC2[C@H]1C(=O)N[C@@H](CCC)C(=O)C(=O)NC1CC1)C(C)(C)C)C1CCCCC1. The van der Waals surface area contributed by atoms with E-state index in [4.69, 9.17) is 0 Å². The summed E-state index contributed by atoms with van der Waals surface area (Å²) in [6.45, 7) is 13.2. The highest BCUT2D eigenvalue weighted by atomic mass is 16.2. The molecular formula is C38H58N6O6. The Bertz CT molecular complexity index is 1360. The minimum Gasteiger partial charge on any atom is -0.347 e. The Labute approximate surface area is 297 Å². The van der Waals surface area contributed by atoms with Crippen LogP contribution in [0.3, 0.4) is 0 Å². The van der Waals surface area contributed by atoms with E-state index in [-0.39, 0.29) is 35.4 Å². The van der Waals surface area contributed by atoms with Crippen molar-refractivity contribution in [2.45, 2.75) is 142 Å². The number of fused-ring (bicyclic) bond motifs is 1. The number of Topliss-reactive ketones (excluding diaryl/α,β-unsaturated/α-hetero) is 1. The van der Waals surface area contributed by atoms with Crippen molar-refractivity contribution in [2.24, 2.45) is 28.2 Å². The maximum absolute atomic E-state index is 14.6. The highest BCUT2D eigenvalue weighted by Crippen LogP contribution is 2.43. The van der Waals surface area contributed by atoms with Crippen LogP contribution in [0.25, 0.3) is 0 Å². The number of allylic oxidation sites excluding steroid dienone is 2. The van der Waals surface area contributed by atoms with Crippen molar-refractivity contribution in [2.75, 3.05) is 6.54 Å². The molecule has 0 aromatic carbocycles. The van der Waals surface area contributed by atoms with Crippen LogP contribution in [0.2, 0.25) is 0 Å². The summed E-state index contributed by atoms with van der Waals surface area (Å²) in [4.78, 5) is 87.8. The van der Waals surface area contributed by atoms with E-state index >= 15 is 0 Å². The van der Waals surface area contributed by atoms with E-state index in [1.54, 1.807) is 17.9 Å². The van der Waals surface area contributed by atoms with Crippen LogP contribution >= 0.6 is 0 Å². The lowest BCUT2D eigenvalue weighted by molar-refractivity contribution is -0.146. The fourth-order valence-corrected chi connectivity index (χ4v) is 7.85. The summed E-state index contributed by atoms with van der Waals surface area (Å²) in [7, 11) is 0. The highest BCUT2D eigenvalue weighted by Gasteiger charge is 2.52. The van der Waals surface area contributed by atoms with Gasteiger partial charge in [0.25, 0.3) is 11.8 Å². The molecule has 50 heavy (non-hydrogen) atoms. The van der Waals surface area contributed by atoms with Crippen LogP contribution in [-0.2, 0) is 28.8 Å². The second kappa shape index (κ2) is 17.4. The zero-order valence-corrected chi connectivity index (χ0v) is 30.6. The molecule has 12 nitrogen and oxygen atoms in total. The fraction of sp³-hybridized carbons (Fsp3) is 0.711. The summed E-state index contributed by atoms with van der Waals surface area (Å²) in [6.07, 6.45) is 14.1. The Morgan fingerprint density at radius 1 is 0.900 bits per heavy atom. The molecule has 0 radical (unpaired) electrons. The van der Waals surface area contributed by atoms with Gasteiger partial charge >= 0.3 is 0 Å². The lowest BCUT2D eigenvalue weighted by Crippen LogP contribution is -2.62. The van der Waals surface area contributed by atoms with Crippen molar-refractivity contribution in [1.82, 2.24) is 26.2 Å². The first kappa shape index (κ1) is 39.0. The summed E-state index contributed by atoms with van der Waals surface area (Å²) >= 11 is 0. The largest absolute Gasteiger partial charge is 0.347 e. The Hall–Kier alpha value is -3.83. The maximum atomic E-state index is 14.6. The minimum absolute atomic E-state index is 0.0121. The number of nitrogens with one attached hydrogen (secondary N) is 4. The molecule has 4 rings (SSSR count). The van der Waals surface area contributed by atoms with E-state index in [1.165, 1.54) is 12.3 Å². The van der Waals surface area contributed by atoms with E-state index in [0.29, 0.717) is 19.4 Å². The van der Waals surface area contributed by atoms with E-state index in [2.05, 4.69) is 32.8 Å². The van der Waals surface area contributed by atoms with Crippen LogP contribution in [0.4, 0.5) is 0 Å². The number of amides is 5. The number of rotatable bonds is 15. The van der Waals surface area contributed by atoms with E-state index in [0.717, 1.165) is 64.2 Å². The van der Waals surface area contributed by atoms with E-state index < -0.39 is 59.0 Å². The zero-order valence-electron chi connectivity index (χ0n) is 30.6. The first-order chi connectivity index (χ1) is 23.8. The van der Waals surface area contributed by atoms with Gasteiger partial charge in [-0.15, -0.1) is 0 Å². The summed E-state index contributed by atoms with van der Waals surface area (Å²) < 4.78 is 0. The molecule has 5 amide bonds. The van der Waals surface area contributed by atoms with Crippen LogP contribution in [-0.4, -0.2) is 83.2 Å². The molecule has 3 aliphatic carbocycles. The van der Waals surface area contributed by atoms with Crippen molar-refractivity contribution in [1.29, 1.82) is 0 Å². The molecule has 276 valence electrons. The molecule has 12 heteroatoms. The van der Waals surface area contributed by atoms with Crippen molar-refractivity contribution in [3.63, 3.8) is 0 Å². The second-order valence-electron chi connectivity index (χ2n) is 15.6. The molecule has 0 bridgehead atoms. The lowest BCUT2D eigenvalue weighted by atomic mass is 9.82. The number of carbonyl (C=O) groups is 6. The smallest absolute Gasteiger partial charge is 0.289 e.